The Balaban J connectivity index is 2.36. The van der Waals surface area contributed by atoms with Crippen molar-refractivity contribution in [1.82, 2.24) is 0 Å². The molecule has 13 heavy (non-hydrogen) atoms. The number of esters is 1. The highest BCUT2D eigenvalue weighted by atomic mass is 16.7. The van der Waals surface area contributed by atoms with Gasteiger partial charge in [-0.25, -0.2) is 0 Å². The van der Waals surface area contributed by atoms with Crippen LogP contribution in [0.5, 0.6) is 0 Å². The molecular formula is C10H18O3. The molecule has 1 aliphatic rings. The van der Waals surface area contributed by atoms with Crippen LogP contribution in [0.3, 0.4) is 0 Å². The molecule has 0 spiro atoms. The highest BCUT2D eigenvalue weighted by Crippen LogP contribution is 2.27. The summed E-state index contributed by atoms with van der Waals surface area (Å²) in [5, 5.41) is 0. The molecule has 2 unspecified atom stereocenters. The first-order valence-corrected chi connectivity index (χ1v) is 5.09. The van der Waals surface area contributed by atoms with Crippen molar-refractivity contribution in [2.24, 2.45) is 5.92 Å². The highest BCUT2D eigenvalue weighted by molar-refractivity contribution is 5.71. The number of carbonyl (C=O) groups excluding carboxylic acids is 1. The van der Waals surface area contributed by atoms with Crippen molar-refractivity contribution in [2.75, 3.05) is 6.61 Å². The van der Waals surface area contributed by atoms with Gasteiger partial charge in [-0.1, -0.05) is 20.3 Å². The highest BCUT2D eigenvalue weighted by Gasteiger charge is 2.34. The van der Waals surface area contributed by atoms with Gasteiger partial charge >= 0.3 is 5.97 Å². The topological polar surface area (TPSA) is 35.5 Å². The Kier molecular flexibility index (Phi) is 4.22. The van der Waals surface area contributed by atoms with Crippen LogP contribution in [0.4, 0.5) is 0 Å². The molecule has 1 fully saturated rings. The second-order valence-electron chi connectivity index (χ2n) is 3.48. The number of hydrogen-bond acceptors (Lipinski definition) is 3. The lowest BCUT2D eigenvalue weighted by Crippen LogP contribution is -2.20. The maximum atomic E-state index is 11.0. The third kappa shape index (κ3) is 2.99. The summed E-state index contributed by atoms with van der Waals surface area (Å²) in [6, 6.07) is 0. The Morgan fingerprint density at radius 3 is 2.85 bits per heavy atom. The molecule has 0 saturated carbocycles. The van der Waals surface area contributed by atoms with Crippen LogP contribution in [-0.2, 0) is 14.3 Å². The van der Waals surface area contributed by atoms with E-state index in [0.29, 0.717) is 13.0 Å². The molecule has 3 nitrogen and oxygen atoms in total. The molecule has 76 valence electrons. The summed E-state index contributed by atoms with van der Waals surface area (Å²) in [5.74, 6) is 0.170. The average molecular weight is 186 g/mol. The Bertz CT molecular complexity index is 168. The minimum atomic E-state index is -0.271. The summed E-state index contributed by atoms with van der Waals surface area (Å²) in [4.78, 5) is 11.0. The van der Waals surface area contributed by atoms with Crippen molar-refractivity contribution in [3.05, 3.63) is 0 Å². The Hall–Kier alpha value is -0.570. The molecule has 0 aromatic carbocycles. The zero-order chi connectivity index (χ0) is 9.68. The van der Waals surface area contributed by atoms with Gasteiger partial charge in [0.1, 0.15) is 0 Å². The summed E-state index contributed by atoms with van der Waals surface area (Å²) >= 11 is 0. The van der Waals surface area contributed by atoms with Gasteiger partial charge in [0.25, 0.3) is 0 Å². The molecule has 1 heterocycles. The van der Waals surface area contributed by atoms with E-state index in [9.17, 15) is 4.79 Å². The van der Waals surface area contributed by atoms with Gasteiger partial charge in [0, 0.05) is 5.92 Å². The molecule has 0 aliphatic carbocycles. The van der Waals surface area contributed by atoms with Crippen LogP contribution in [-0.4, -0.2) is 18.9 Å². The third-order valence-corrected chi connectivity index (χ3v) is 2.21. The second-order valence-corrected chi connectivity index (χ2v) is 3.48. The molecule has 0 aromatic rings. The van der Waals surface area contributed by atoms with Gasteiger partial charge in [0.15, 0.2) is 0 Å². The van der Waals surface area contributed by atoms with Crippen LogP contribution in [0.2, 0.25) is 0 Å². The third-order valence-electron chi connectivity index (χ3n) is 2.21. The van der Waals surface area contributed by atoms with Crippen LogP contribution in [0.25, 0.3) is 0 Å². The lowest BCUT2D eigenvalue weighted by molar-refractivity contribution is -0.167. The molecule has 1 aliphatic heterocycles. The van der Waals surface area contributed by atoms with E-state index in [1.54, 1.807) is 0 Å². The second kappa shape index (κ2) is 5.22. The molecule has 1 saturated heterocycles. The summed E-state index contributed by atoms with van der Waals surface area (Å²) in [5.41, 5.74) is 0. The van der Waals surface area contributed by atoms with E-state index < -0.39 is 0 Å². The van der Waals surface area contributed by atoms with Crippen molar-refractivity contribution in [2.45, 2.75) is 45.8 Å². The summed E-state index contributed by atoms with van der Waals surface area (Å²) in [6.45, 7) is 4.84. The van der Waals surface area contributed by atoms with Gasteiger partial charge in [0.2, 0.25) is 6.29 Å². The molecule has 0 N–H and O–H groups in total. The maximum absolute atomic E-state index is 11.0. The van der Waals surface area contributed by atoms with Crippen LogP contribution in [0, 0.1) is 5.92 Å². The normalized spacial score (nSPS) is 27.7. The molecule has 1 rings (SSSR count). The van der Waals surface area contributed by atoms with E-state index in [4.69, 9.17) is 9.47 Å². The smallest absolute Gasteiger partial charge is 0.308 e. The van der Waals surface area contributed by atoms with Gasteiger partial charge < -0.3 is 9.47 Å². The first-order valence-electron chi connectivity index (χ1n) is 5.09. The minimum absolute atomic E-state index is 0.112. The predicted molar refractivity (Wildman–Crippen MR) is 49.1 cm³/mol. The van der Waals surface area contributed by atoms with Crippen molar-refractivity contribution in [1.29, 1.82) is 0 Å². The molecule has 0 aromatic heterocycles. The standard InChI is InChI=1S/C10H18O3/c1-3-5-8-7-9(11)13-10(8)12-6-4-2/h8,10H,3-7H2,1-2H3. The zero-order valence-electron chi connectivity index (χ0n) is 8.41. The fraction of sp³-hybridized carbons (Fsp3) is 0.900. The molecule has 0 amide bonds. The molecule has 2 atom stereocenters. The van der Waals surface area contributed by atoms with E-state index in [1.165, 1.54) is 0 Å². The van der Waals surface area contributed by atoms with E-state index in [2.05, 4.69) is 6.92 Å². The molecule has 0 radical (unpaired) electrons. The van der Waals surface area contributed by atoms with Gasteiger partial charge in [-0.2, -0.15) is 0 Å². The van der Waals surface area contributed by atoms with E-state index in [1.807, 2.05) is 6.92 Å². The summed E-state index contributed by atoms with van der Waals surface area (Å²) < 4.78 is 10.5. The fourth-order valence-corrected chi connectivity index (χ4v) is 1.60. The Labute approximate surface area is 79.4 Å². The summed E-state index contributed by atoms with van der Waals surface area (Å²) in [7, 11) is 0. The largest absolute Gasteiger partial charge is 0.435 e. The molecule has 0 bridgehead atoms. The lowest BCUT2D eigenvalue weighted by atomic mass is 10.0. The summed E-state index contributed by atoms with van der Waals surface area (Å²) in [6.07, 6.45) is 3.31. The Morgan fingerprint density at radius 2 is 2.23 bits per heavy atom. The number of cyclic esters (lactones) is 1. The van der Waals surface area contributed by atoms with Crippen molar-refractivity contribution in [3.8, 4) is 0 Å². The zero-order valence-corrected chi connectivity index (χ0v) is 8.41. The number of ether oxygens (including phenoxy) is 2. The molecule has 3 heteroatoms. The predicted octanol–water partition coefficient (Wildman–Crippen LogP) is 2.10. The minimum Gasteiger partial charge on any atom is -0.435 e. The number of hydrogen-bond donors (Lipinski definition) is 0. The quantitative estimate of drug-likeness (QED) is 0.617. The van der Waals surface area contributed by atoms with E-state index in [0.717, 1.165) is 19.3 Å². The number of rotatable bonds is 5. The average Bonchev–Trinajstić information content (AvgIpc) is 2.44. The van der Waals surface area contributed by atoms with Crippen molar-refractivity contribution in [3.63, 3.8) is 0 Å². The van der Waals surface area contributed by atoms with Crippen LogP contribution in [0.1, 0.15) is 39.5 Å². The first-order chi connectivity index (χ1) is 6.27. The van der Waals surface area contributed by atoms with E-state index >= 15 is 0 Å². The Morgan fingerprint density at radius 1 is 1.46 bits per heavy atom. The fourth-order valence-electron chi connectivity index (χ4n) is 1.60. The van der Waals surface area contributed by atoms with Gasteiger partial charge in [-0.05, 0) is 12.8 Å². The van der Waals surface area contributed by atoms with E-state index in [-0.39, 0.29) is 18.2 Å². The lowest BCUT2D eigenvalue weighted by Gasteiger charge is -2.16. The van der Waals surface area contributed by atoms with Gasteiger partial charge in [0.05, 0.1) is 13.0 Å². The van der Waals surface area contributed by atoms with Gasteiger partial charge in [-0.3, -0.25) is 4.79 Å². The van der Waals surface area contributed by atoms with Crippen LogP contribution < -0.4 is 0 Å². The number of carbonyl (C=O) groups is 1. The molecular weight excluding hydrogens is 168 g/mol. The van der Waals surface area contributed by atoms with Crippen molar-refractivity contribution >= 4 is 5.97 Å². The van der Waals surface area contributed by atoms with Crippen LogP contribution >= 0.6 is 0 Å². The van der Waals surface area contributed by atoms with Gasteiger partial charge in [-0.15, -0.1) is 0 Å². The van der Waals surface area contributed by atoms with Crippen molar-refractivity contribution < 1.29 is 14.3 Å². The first kappa shape index (κ1) is 10.5. The maximum Gasteiger partial charge on any atom is 0.308 e. The SMILES string of the molecule is CCCOC1OC(=O)CC1CCC. The van der Waals surface area contributed by atoms with Crippen LogP contribution in [0.15, 0.2) is 0 Å². The monoisotopic (exact) mass is 186 g/mol.